The molecule has 0 aliphatic rings. The molecule has 1 atom stereocenters. The molecule has 0 bridgehead atoms. The average molecular weight is 299 g/mol. The normalized spacial score (nSPS) is 12.9. The summed E-state index contributed by atoms with van der Waals surface area (Å²) in [6.07, 6.45) is 0.997. The molecule has 1 N–H and O–H groups in total. The van der Waals surface area contributed by atoms with Crippen LogP contribution in [0.3, 0.4) is 0 Å². The van der Waals surface area contributed by atoms with E-state index in [0.29, 0.717) is 0 Å². The van der Waals surface area contributed by atoms with Crippen molar-refractivity contribution in [1.82, 2.24) is 5.32 Å². The van der Waals surface area contributed by atoms with Gasteiger partial charge in [-0.25, -0.2) is 0 Å². The van der Waals surface area contributed by atoms with E-state index >= 15 is 0 Å². The second-order valence-corrected chi connectivity index (χ2v) is 6.78. The molecule has 21 heavy (non-hydrogen) atoms. The molecule has 0 fully saturated rings. The van der Waals surface area contributed by atoms with E-state index in [0.717, 1.165) is 24.3 Å². The zero-order chi connectivity index (χ0) is 14.8. The number of furan rings is 1. The Labute approximate surface area is 129 Å². The zero-order valence-electron chi connectivity index (χ0n) is 12.8. The van der Waals surface area contributed by atoms with E-state index in [2.05, 4.69) is 50.4 Å². The summed E-state index contributed by atoms with van der Waals surface area (Å²) in [6.45, 7) is 7.40. The smallest absolute Gasteiger partial charge is 0.134 e. The molecule has 110 valence electrons. The van der Waals surface area contributed by atoms with E-state index < -0.39 is 0 Å². The van der Waals surface area contributed by atoms with Crippen LogP contribution in [-0.2, 0) is 13.0 Å². The summed E-state index contributed by atoms with van der Waals surface area (Å²) in [5.41, 5.74) is 2.32. The first-order chi connectivity index (χ1) is 10.2. The van der Waals surface area contributed by atoms with Crippen LogP contribution >= 0.6 is 11.3 Å². The molecule has 3 heteroatoms. The Balaban J connectivity index is 1.82. The molecule has 0 aliphatic carbocycles. The fourth-order valence-corrected chi connectivity index (χ4v) is 3.60. The Morgan fingerprint density at radius 1 is 1.19 bits per heavy atom. The van der Waals surface area contributed by atoms with Gasteiger partial charge in [-0.1, -0.05) is 25.1 Å². The summed E-state index contributed by atoms with van der Waals surface area (Å²) >= 11 is 1.85. The molecule has 0 spiro atoms. The zero-order valence-corrected chi connectivity index (χ0v) is 13.6. The van der Waals surface area contributed by atoms with Crippen LogP contribution in [0, 0.1) is 6.92 Å². The second-order valence-electron chi connectivity index (χ2n) is 5.41. The summed E-state index contributed by atoms with van der Waals surface area (Å²) in [5, 5.41) is 4.83. The molecule has 0 saturated carbocycles. The lowest BCUT2D eigenvalue weighted by Crippen LogP contribution is -2.18. The topological polar surface area (TPSA) is 25.2 Å². The van der Waals surface area contributed by atoms with Gasteiger partial charge in [0.1, 0.15) is 11.3 Å². The van der Waals surface area contributed by atoms with Gasteiger partial charge in [0.25, 0.3) is 0 Å². The van der Waals surface area contributed by atoms with Crippen molar-refractivity contribution in [3.05, 3.63) is 57.5 Å². The van der Waals surface area contributed by atoms with Gasteiger partial charge in [0.05, 0.1) is 6.04 Å². The van der Waals surface area contributed by atoms with Gasteiger partial charge in [-0.05, 0) is 38.5 Å². The fourth-order valence-electron chi connectivity index (χ4n) is 2.76. The highest BCUT2D eigenvalue weighted by Gasteiger charge is 2.17. The highest BCUT2D eigenvalue weighted by atomic mass is 32.1. The molecule has 2 nitrogen and oxygen atoms in total. The number of hydrogen-bond acceptors (Lipinski definition) is 3. The average Bonchev–Trinajstić information content (AvgIpc) is 3.07. The van der Waals surface area contributed by atoms with Crippen molar-refractivity contribution in [2.75, 3.05) is 0 Å². The van der Waals surface area contributed by atoms with Crippen molar-refractivity contribution < 1.29 is 4.42 Å². The maximum Gasteiger partial charge on any atom is 0.134 e. The second kappa shape index (κ2) is 6.04. The lowest BCUT2D eigenvalue weighted by molar-refractivity contribution is 0.447. The van der Waals surface area contributed by atoms with Crippen molar-refractivity contribution >= 4 is 22.3 Å². The molecule has 0 saturated heterocycles. The predicted molar refractivity (Wildman–Crippen MR) is 89.9 cm³/mol. The lowest BCUT2D eigenvalue weighted by Gasteiger charge is -2.12. The molecule has 0 radical (unpaired) electrons. The standard InChI is InChI=1S/C18H21NOS/c1-4-15-16-7-5-6-8-17(16)20-18(15)13(3)19-11-14-10-9-12(2)21-14/h5-10,13,19H,4,11H2,1-3H3. The Bertz CT molecular complexity index is 741. The van der Waals surface area contributed by atoms with Gasteiger partial charge < -0.3 is 9.73 Å². The SMILES string of the molecule is CCc1c(C(C)NCc2ccc(C)s2)oc2ccccc12. The third kappa shape index (κ3) is 2.89. The number of fused-ring (bicyclic) bond motifs is 1. The van der Waals surface area contributed by atoms with Gasteiger partial charge in [0, 0.05) is 27.2 Å². The molecular weight excluding hydrogens is 278 g/mol. The Morgan fingerprint density at radius 3 is 2.71 bits per heavy atom. The minimum absolute atomic E-state index is 0.217. The van der Waals surface area contributed by atoms with Gasteiger partial charge in [-0.3, -0.25) is 0 Å². The van der Waals surface area contributed by atoms with Gasteiger partial charge >= 0.3 is 0 Å². The van der Waals surface area contributed by atoms with Crippen LogP contribution in [0.15, 0.2) is 40.8 Å². The maximum absolute atomic E-state index is 6.09. The molecule has 2 aromatic heterocycles. The highest BCUT2D eigenvalue weighted by Crippen LogP contribution is 2.30. The molecule has 1 unspecified atom stereocenters. The maximum atomic E-state index is 6.09. The van der Waals surface area contributed by atoms with Crippen molar-refractivity contribution in [2.45, 2.75) is 39.8 Å². The van der Waals surface area contributed by atoms with E-state index in [1.807, 2.05) is 23.5 Å². The molecule has 2 heterocycles. The van der Waals surface area contributed by atoms with Crippen LogP contribution in [0.25, 0.3) is 11.0 Å². The van der Waals surface area contributed by atoms with E-state index in [1.165, 1.54) is 20.7 Å². The molecule has 1 aromatic carbocycles. The summed E-state index contributed by atoms with van der Waals surface area (Å²) in [7, 11) is 0. The largest absolute Gasteiger partial charge is 0.459 e. The molecule has 0 amide bonds. The first-order valence-electron chi connectivity index (χ1n) is 7.48. The number of rotatable bonds is 5. The van der Waals surface area contributed by atoms with E-state index in [1.54, 1.807) is 0 Å². The number of nitrogens with one attached hydrogen (secondary N) is 1. The number of aryl methyl sites for hydroxylation is 2. The quantitative estimate of drug-likeness (QED) is 0.699. The first kappa shape index (κ1) is 14.4. The number of thiophene rings is 1. The summed E-state index contributed by atoms with van der Waals surface area (Å²) in [6, 6.07) is 12.9. The minimum atomic E-state index is 0.217. The molecular formula is C18H21NOS. The van der Waals surface area contributed by atoms with Crippen LogP contribution in [0.5, 0.6) is 0 Å². The molecule has 3 aromatic rings. The summed E-state index contributed by atoms with van der Waals surface area (Å²) in [5.74, 6) is 1.08. The van der Waals surface area contributed by atoms with Crippen molar-refractivity contribution in [1.29, 1.82) is 0 Å². The Kier molecular flexibility index (Phi) is 4.13. The van der Waals surface area contributed by atoms with Crippen molar-refractivity contribution in [2.24, 2.45) is 0 Å². The first-order valence-corrected chi connectivity index (χ1v) is 8.29. The van der Waals surface area contributed by atoms with Gasteiger partial charge in [0.15, 0.2) is 0 Å². The van der Waals surface area contributed by atoms with Crippen LogP contribution in [0.2, 0.25) is 0 Å². The highest BCUT2D eigenvalue weighted by molar-refractivity contribution is 7.11. The van der Waals surface area contributed by atoms with Crippen molar-refractivity contribution in [3.8, 4) is 0 Å². The third-order valence-electron chi connectivity index (χ3n) is 3.85. The van der Waals surface area contributed by atoms with E-state index in [-0.39, 0.29) is 6.04 Å². The summed E-state index contributed by atoms with van der Waals surface area (Å²) < 4.78 is 6.09. The van der Waals surface area contributed by atoms with Crippen LogP contribution < -0.4 is 5.32 Å². The van der Waals surface area contributed by atoms with Gasteiger partial charge in [-0.2, -0.15) is 0 Å². The van der Waals surface area contributed by atoms with Gasteiger partial charge in [0.2, 0.25) is 0 Å². The number of para-hydroxylation sites is 1. The lowest BCUT2D eigenvalue weighted by atomic mass is 10.1. The van der Waals surface area contributed by atoms with Crippen LogP contribution in [0.4, 0.5) is 0 Å². The number of hydrogen-bond donors (Lipinski definition) is 1. The van der Waals surface area contributed by atoms with E-state index in [4.69, 9.17) is 4.42 Å². The Morgan fingerprint density at radius 2 is 2.00 bits per heavy atom. The van der Waals surface area contributed by atoms with Crippen molar-refractivity contribution in [3.63, 3.8) is 0 Å². The van der Waals surface area contributed by atoms with Crippen LogP contribution in [0.1, 0.15) is 41.0 Å². The molecule has 0 aliphatic heterocycles. The summed E-state index contributed by atoms with van der Waals surface area (Å²) in [4.78, 5) is 2.73. The van der Waals surface area contributed by atoms with Crippen LogP contribution in [-0.4, -0.2) is 0 Å². The fraction of sp³-hybridized carbons (Fsp3) is 0.333. The van der Waals surface area contributed by atoms with Gasteiger partial charge in [-0.15, -0.1) is 11.3 Å². The molecule has 3 rings (SSSR count). The monoisotopic (exact) mass is 299 g/mol. The minimum Gasteiger partial charge on any atom is -0.459 e. The predicted octanol–water partition coefficient (Wildman–Crippen LogP) is 5.22. The number of benzene rings is 1. The third-order valence-corrected chi connectivity index (χ3v) is 4.86. The Hall–Kier alpha value is -1.58. The van der Waals surface area contributed by atoms with E-state index in [9.17, 15) is 0 Å².